The van der Waals surface area contributed by atoms with E-state index in [1.54, 1.807) is 0 Å². The lowest BCUT2D eigenvalue weighted by atomic mass is 10.0. The van der Waals surface area contributed by atoms with E-state index in [0.29, 0.717) is 5.84 Å². The maximum absolute atomic E-state index is 6.31. The van der Waals surface area contributed by atoms with E-state index in [-0.39, 0.29) is 0 Å². The van der Waals surface area contributed by atoms with Crippen LogP contribution >= 0.6 is 0 Å². The molecular weight excluding hydrogens is 426 g/mol. The van der Waals surface area contributed by atoms with Gasteiger partial charge >= 0.3 is 0 Å². The summed E-state index contributed by atoms with van der Waals surface area (Å²) in [5, 5.41) is 0. The van der Waals surface area contributed by atoms with Gasteiger partial charge in [-0.1, -0.05) is 114 Å². The van der Waals surface area contributed by atoms with Crippen molar-refractivity contribution in [3.05, 3.63) is 121 Å². The average molecular weight is 474 g/mol. The Hall–Kier alpha value is -3.43. The standard InChI is InChI=1S/C25H29N3.C3H8.C2H6.C2H4/c1-5-11-18(3)19(4)16-20(6-2)24(26)28-25(27)23-15-10-14-22(17-23)21-12-8-7-9-13-21;1-3-2;2*1-2/h5-17,24H,3,26H2,1-2,4H3,(H2,27,28);3H2,1-2H3;1-2H3;1-2H2/b11-5-,19-16+,20-6+;;;. The summed E-state index contributed by atoms with van der Waals surface area (Å²) in [6.07, 6.45) is 8.60. The lowest BCUT2D eigenvalue weighted by molar-refractivity contribution is 0.835. The van der Waals surface area contributed by atoms with Crippen LogP contribution in [-0.2, 0) is 0 Å². The number of allylic oxidation sites excluding steroid dienone is 5. The number of hydrogen-bond acceptors (Lipinski definition) is 2. The zero-order chi connectivity index (χ0) is 27.2. The van der Waals surface area contributed by atoms with Crippen molar-refractivity contribution in [3.63, 3.8) is 0 Å². The van der Waals surface area contributed by atoms with Gasteiger partial charge in [0, 0.05) is 5.56 Å². The Labute approximate surface area is 215 Å². The first-order valence-electron chi connectivity index (χ1n) is 12.3. The van der Waals surface area contributed by atoms with Crippen LogP contribution in [0.3, 0.4) is 0 Å². The molecule has 0 saturated heterocycles. The molecule has 0 aliphatic heterocycles. The number of aliphatic imine (C=N–C) groups is 1. The minimum Gasteiger partial charge on any atom is -0.383 e. The summed E-state index contributed by atoms with van der Waals surface area (Å²) in [6, 6.07) is 18.2. The van der Waals surface area contributed by atoms with Crippen LogP contribution < -0.4 is 11.5 Å². The molecule has 2 aromatic rings. The molecule has 1 atom stereocenters. The molecule has 0 bridgehead atoms. The minimum absolute atomic E-state index is 0.419. The molecule has 4 N–H and O–H groups in total. The quantitative estimate of drug-likeness (QED) is 0.183. The Kier molecular flexibility index (Phi) is 20.4. The van der Waals surface area contributed by atoms with E-state index in [2.05, 4.69) is 56.8 Å². The van der Waals surface area contributed by atoms with E-state index >= 15 is 0 Å². The van der Waals surface area contributed by atoms with Gasteiger partial charge < -0.3 is 11.5 Å². The Morgan fingerprint density at radius 2 is 1.51 bits per heavy atom. The number of nitrogens with zero attached hydrogens (tertiary/aromatic N) is 1. The predicted octanol–water partition coefficient (Wildman–Crippen LogP) is 8.61. The maximum Gasteiger partial charge on any atom is 0.127 e. The van der Waals surface area contributed by atoms with Crippen molar-refractivity contribution in [2.75, 3.05) is 0 Å². The highest BCUT2D eigenvalue weighted by Crippen LogP contribution is 2.20. The van der Waals surface area contributed by atoms with Gasteiger partial charge in [0.1, 0.15) is 12.0 Å². The first-order valence-corrected chi connectivity index (χ1v) is 12.3. The van der Waals surface area contributed by atoms with Crippen molar-refractivity contribution in [3.8, 4) is 11.1 Å². The van der Waals surface area contributed by atoms with Crippen molar-refractivity contribution < 1.29 is 0 Å². The van der Waals surface area contributed by atoms with E-state index in [1.807, 2.05) is 95.3 Å². The van der Waals surface area contributed by atoms with Gasteiger partial charge in [0.05, 0.1) is 0 Å². The third kappa shape index (κ3) is 13.1. The molecule has 0 radical (unpaired) electrons. The molecule has 3 heteroatoms. The molecule has 2 aromatic carbocycles. The number of nitrogens with two attached hydrogens (primary N) is 2. The molecule has 0 aliphatic carbocycles. The van der Waals surface area contributed by atoms with Gasteiger partial charge in [-0.15, -0.1) is 13.2 Å². The molecule has 35 heavy (non-hydrogen) atoms. The van der Waals surface area contributed by atoms with Crippen LogP contribution in [0.5, 0.6) is 0 Å². The molecule has 0 amide bonds. The highest BCUT2D eigenvalue weighted by Gasteiger charge is 2.09. The van der Waals surface area contributed by atoms with Crippen LogP contribution in [0.4, 0.5) is 0 Å². The van der Waals surface area contributed by atoms with Crippen LogP contribution in [0, 0.1) is 0 Å². The summed E-state index contributed by atoms with van der Waals surface area (Å²) in [6.45, 7) is 24.2. The second-order valence-corrected chi connectivity index (χ2v) is 7.25. The number of hydrogen-bond donors (Lipinski definition) is 2. The zero-order valence-electron chi connectivity index (χ0n) is 23.0. The molecule has 0 heterocycles. The van der Waals surface area contributed by atoms with Gasteiger partial charge in [0.15, 0.2) is 0 Å². The Bertz CT molecular complexity index is 963. The summed E-state index contributed by atoms with van der Waals surface area (Å²) in [4.78, 5) is 4.52. The molecule has 3 nitrogen and oxygen atoms in total. The normalized spacial score (nSPS) is 12.3. The van der Waals surface area contributed by atoms with Crippen molar-refractivity contribution in [1.29, 1.82) is 0 Å². The highest BCUT2D eigenvalue weighted by molar-refractivity contribution is 5.98. The van der Waals surface area contributed by atoms with Crippen LogP contribution in [-0.4, -0.2) is 12.0 Å². The summed E-state index contributed by atoms with van der Waals surface area (Å²) >= 11 is 0. The average Bonchev–Trinajstić information content (AvgIpc) is 2.90. The second-order valence-electron chi connectivity index (χ2n) is 7.25. The Balaban J connectivity index is 0. The first kappa shape index (κ1) is 33.7. The zero-order valence-corrected chi connectivity index (χ0v) is 23.0. The SMILES string of the molecule is C=C.C=C(/C=C\C)/C(C)=C/C(=C\C)C(N)/N=C(\N)c1cccc(-c2ccccc2)c1.CC.CCC. The lowest BCUT2D eigenvalue weighted by Crippen LogP contribution is -2.25. The molecule has 0 aromatic heterocycles. The van der Waals surface area contributed by atoms with Gasteiger partial charge in [0.2, 0.25) is 0 Å². The molecule has 0 saturated carbocycles. The molecule has 0 fully saturated rings. The van der Waals surface area contributed by atoms with E-state index in [4.69, 9.17) is 11.5 Å². The molecular formula is C32H47N3. The molecule has 2 rings (SSSR count). The van der Waals surface area contributed by atoms with E-state index < -0.39 is 6.17 Å². The monoisotopic (exact) mass is 473 g/mol. The van der Waals surface area contributed by atoms with E-state index in [1.165, 1.54) is 6.42 Å². The van der Waals surface area contributed by atoms with Gasteiger partial charge in [-0.25, -0.2) is 4.99 Å². The van der Waals surface area contributed by atoms with Crippen LogP contribution in [0.15, 0.2) is 120 Å². The first-order chi connectivity index (χ1) is 16.9. The van der Waals surface area contributed by atoms with Crippen LogP contribution in [0.25, 0.3) is 11.1 Å². The van der Waals surface area contributed by atoms with Crippen LogP contribution in [0.1, 0.15) is 60.5 Å². The van der Waals surface area contributed by atoms with Gasteiger partial charge in [0.25, 0.3) is 0 Å². The summed E-state index contributed by atoms with van der Waals surface area (Å²) in [7, 11) is 0. The molecule has 0 spiro atoms. The third-order valence-electron chi connectivity index (χ3n) is 4.48. The predicted molar refractivity (Wildman–Crippen MR) is 161 cm³/mol. The fourth-order valence-corrected chi connectivity index (χ4v) is 2.80. The molecule has 0 aliphatic rings. The van der Waals surface area contributed by atoms with Crippen molar-refractivity contribution in [2.24, 2.45) is 16.5 Å². The summed E-state index contributed by atoms with van der Waals surface area (Å²) < 4.78 is 0. The minimum atomic E-state index is -0.543. The third-order valence-corrected chi connectivity index (χ3v) is 4.48. The second kappa shape index (κ2) is 21.1. The molecule has 190 valence electrons. The number of benzene rings is 2. The van der Waals surface area contributed by atoms with E-state index in [0.717, 1.165) is 33.4 Å². The summed E-state index contributed by atoms with van der Waals surface area (Å²) in [5.74, 6) is 0.419. The Morgan fingerprint density at radius 3 is 2.03 bits per heavy atom. The molecule has 1 unspecified atom stereocenters. The van der Waals surface area contributed by atoms with Crippen LogP contribution in [0.2, 0.25) is 0 Å². The maximum atomic E-state index is 6.31. The fraction of sp³-hybridized carbons (Fsp3) is 0.281. The Morgan fingerprint density at radius 1 is 0.971 bits per heavy atom. The van der Waals surface area contributed by atoms with E-state index in [9.17, 15) is 0 Å². The summed E-state index contributed by atoms with van der Waals surface area (Å²) in [5.41, 5.74) is 18.5. The number of rotatable bonds is 7. The van der Waals surface area contributed by atoms with Gasteiger partial charge in [-0.3, -0.25) is 0 Å². The van der Waals surface area contributed by atoms with Gasteiger partial charge in [-0.05, 0) is 54.7 Å². The largest absolute Gasteiger partial charge is 0.383 e. The van der Waals surface area contributed by atoms with Crippen molar-refractivity contribution in [1.82, 2.24) is 0 Å². The smallest absolute Gasteiger partial charge is 0.127 e. The van der Waals surface area contributed by atoms with Crippen molar-refractivity contribution >= 4 is 5.84 Å². The topological polar surface area (TPSA) is 64.4 Å². The van der Waals surface area contributed by atoms with Gasteiger partial charge in [-0.2, -0.15) is 0 Å². The number of amidine groups is 1. The highest BCUT2D eigenvalue weighted by atomic mass is 15.0. The van der Waals surface area contributed by atoms with Crippen molar-refractivity contribution in [2.45, 2.75) is 61.1 Å². The fourth-order valence-electron chi connectivity index (χ4n) is 2.80. The lowest BCUT2D eigenvalue weighted by Gasteiger charge is -2.12.